The standard InChI is InChI=1S/C23H25N5O3S/c1-4-28-21(13-31-18-11-10-15(3)12-19(18)30-5-2)26-27-23(28)32-14-20-24-17-9-7-6-8-16(17)22(29)25-20/h6-12H,4-5,13-14H2,1-3H3,(H,24,25,29). The van der Waals surface area contributed by atoms with Crippen LogP contribution in [0.4, 0.5) is 0 Å². The number of nitrogens with one attached hydrogen (secondary N) is 1. The molecule has 0 fully saturated rings. The molecule has 0 radical (unpaired) electrons. The van der Waals surface area contributed by atoms with Crippen molar-refractivity contribution in [2.24, 2.45) is 0 Å². The quantitative estimate of drug-likeness (QED) is 0.383. The van der Waals surface area contributed by atoms with E-state index in [2.05, 4.69) is 20.2 Å². The van der Waals surface area contributed by atoms with Crippen LogP contribution in [0.3, 0.4) is 0 Å². The highest BCUT2D eigenvalue weighted by Gasteiger charge is 2.14. The van der Waals surface area contributed by atoms with Crippen LogP contribution >= 0.6 is 11.8 Å². The highest BCUT2D eigenvalue weighted by Crippen LogP contribution is 2.29. The Balaban J connectivity index is 1.47. The number of hydrogen-bond donors (Lipinski definition) is 1. The molecule has 0 atom stereocenters. The minimum Gasteiger partial charge on any atom is -0.490 e. The molecule has 0 aliphatic carbocycles. The molecule has 0 saturated carbocycles. The summed E-state index contributed by atoms with van der Waals surface area (Å²) in [5, 5.41) is 9.96. The molecule has 4 aromatic rings. The van der Waals surface area contributed by atoms with Crippen molar-refractivity contribution in [3.05, 3.63) is 70.0 Å². The van der Waals surface area contributed by atoms with Crippen molar-refractivity contribution in [2.75, 3.05) is 6.61 Å². The van der Waals surface area contributed by atoms with E-state index in [1.807, 2.05) is 61.7 Å². The topological polar surface area (TPSA) is 94.9 Å². The predicted molar refractivity (Wildman–Crippen MR) is 124 cm³/mol. The average Bonchev–Trinajstić information content (AvgIpc) is 3.19. The van der Waals surface area contributed by atoms with Crippen LogP contribution in [0, 0.1) is 6.92 Å². The predicted octanol–water partition coefficient (Wildman–Crippen LogP) is 4.11. The summed E-state index contributed by atoms with van der Waals surface area (Å²) in [6.07, 6.45) is 0. The zero-order chi connectivity index (χ0) is 22.5. The van der Waals surface area contributed by atoms with E-state index in [9.17, 15) is 4.79 Å². The molecule has 1 N–H and O–H groups in total. The molecule has 0 saturated heterocycles. The van der Waals surface area contributed by atoms with Gasteiger partial charge in [-0.2, -0.15) is 0 Å². The molecule has 9 heteroatoms. The molecule has 4 rings (SSSR count). The Kier molecular flexibility index (Phi) is 6.75. The molecule has 2 aromatic heterocycles. The molecule has 166 valence electrons. The van der Waals surface area contributed by atoms with Crippen molar-refractivity contribution >= 4 is 22.7 Å². The molecule has 0 aliphatic heterocycles. The first-order valence-corrected chi connectivity index (χ1v) is 11.5. The van der Waals surface area contributed by atoms with Gasteiger partial charge in [0.05, 0.1) is 23.3 Å². The highest BCUT2D eigenvalue weighted by molar-refractivity contribution is 7.98. The molecule has 2 heterocycles. The van der Waals surface area contributed by atoms with Crippen molar-refractivity contribution in [1.29, 1.82) is 0 Å². The molecule has 0 spiro atoms. The van der Waals surface area contributed by atoms with Gasteiger partial charge in [-0.3, -0.25) is 4.79 Å². The van der Waals surface area contributed by atoms with Gasteiger partial charge in [0, 0.05) is 6.54 Å². The summed E-state index contributed by atoms with van der Waals surface area (Å²) < 4.78 is 13.7. The van der Waals surface area contributed by atoms with E-state index in [4.69, 9.17) is 9.47 Å². The van der Waals surface area contributed by atoms with Crippen molar-refractivity contribution < 1.29 is 9.47 Å². The van der Waals surface area contributed by atoms with E-state index < -0.39 is 0 Å². The first kappa shape index (κ1) is 21.9. The van der Waals surface area contributed by atoms with Gasteiger partial charge in [-0.25, -0.2) is 4.98 Å². The van der Waals surface area contributed by atoms with Gasteiger partial charge >= 0.3 is 0 Å². The Hall–Kier alpha value is -3.33. The van der Waals surface area contributed by atoms with Crippen LogP contribution < -0.4 is 15.0 Å². The SMILES string of the molecule is CCOc1cc(C)ccc1OCc1nnc(SCc2nc3ccccc3c(=O)[nH]2)n1CC. The summed E-state index contributed by atoms with van der Waals surface area (Å²) in [5.41, 5.74) is 1.65. The molecule has 8 nitrogen and oxygen atoms in total. The minimum absolute atomic E-state index is 0.138. The van der Waals surface area contributed by atoms with Crippen molar-refractivity contribution in [3.63, 3.8) is 0 Å². The van der Waals surface area contributed by atoms with Crippen molar-refractivity contribution in [3.8, 4) is 11.5 Å². The summed E-state index contributed by atoms with van der Waals surface area (Å²) in [5.74, 6) is 3.19. The minimum atomic E-state index is -0.138. The van der Waals surface area contributed by atoms with Gasteiger partial charge in [-0.1, -0.05) is 30.0 Å². The first-order chi connectivity index (χ1) is 15.6. The number of H-pyrrole nitrogens is 1. The summed E-state index contributed by atoms with van der Waals surface area (Å²) >= 11 is 1.47. The number of hydrogen-bond acceptors (Lipinski definition) is 7. The van der Waals surface area contributed by atoms with Crippen LogP contribution in [0.5, 0.6) is 11.5 Å². The molecular formula is C23H25N5O3S. The number of aryl methyl sites for hydroxylation is 1. The first-order valence-electron chi connectivity index (χ1n) is 10.5. The number of aromatic amines is 1. The maximum Gasteiger partial charge on any atom is 0.258 e. The van der Waals surface area contributed by atoms with Crippen molar-refractivity contribution in [2.45, 2.75) is 44.8 Å². The van der Waals surface area contributed by atoms with E-state index in [-0.39, 0.29) is 12.2 Å². The third-order valence-electron chi connectivity index (χ3n) is 4.87. The van der Waals surface area contributed by atoms with Gasteiger partial charge in [0.25, 0.3) is 5.56 Å². The second-order valence-electron chi connectivity index (χ2n) is 7.13. The third kappa shape index (κ3) is 4.77. The lowest BCUT2D eigenvalue weighted by Crippen LogP contribution is -2.11. The van der Waals surface area contributed by atoms with E-state index in [1.165, 1.54) is 11.8 Å². The average molecular weight is 452 g/mol. The monoisotopic (exact) mass is 451 g/mol. The van der Waals surface area contributed by atoms with Gasteiger partial charge in [-0.15, -0.1) is 10.2 Å². The molecule has 32 heavy (non-hydrogen) atoms. The van der Waals surface area contributed by atoms with E-state index in [0.29, 0.717) is 41.4 Å². The number of rotatable bonds is 9. The highest BCUT2D eigenvalue weighted by atomic mass is 32.2. The van der Waals surface area contributed by atoms with Gasteiger partial charge < -0.3 is 19.0 Å². The summed E-state index contributed by atoms with van der Waals surface area (Å²) in [6, 6.07) is 13.2. The van der Waals surface area contributed by atoms with Crippen LogP contribution in [0.1, 0.15) is 31.1 Å². The number of benzene rings is 2. The second kappa shape index (κ2) is 9.86. The molecule has 0 unspecified atom stereocenters. The van der Waals surface area contributed by atoms with Crippen LogP contribution in [-0.2, 0) is 18.9 Å². The van der Waals surface area contributed by atoms with Gasteiger partial charge in [-0.05, 0) is 50.6 Å². The molecule has 2 aromatic carbocycles. The lowest BCUT2D eigenvalue weighted by atomic mass is 10.2. The number of fused-ring (bicyclic) bond motifs is 1. The lowest BCUT2D eigenvalue weighted by Gasteiger charge is -2.13. The normalized spacial score (nSPS) is 11.1. The second-order valence-corrected chi connectivity index (χ2v) is 8.08. The Morgan fingerprint density at radius 2 is 1.91 bits per heavy atom. The third-order valence-corrected chi connectivity index (χ3v) is 5.84. The zero-order valence-corrected chi connectivity index (χ0v) is 19.1. The van der Waals surface area contributed by atoms with Gasteiger partial charge in [0.15, 0.2) is 22.5 Å². The fourth-order valence-electron chi connectivity index (χ4n) is 3.33. The number of ether oxygens (including phenoxy) is 2. The van der Waals surface area contributed by atoms with E-state index in [1.54, 1.807) is 6.07 Å². The number of para-hydroxylation sites is 1. The summed E-state index contributed by atoms with van der Waals surface area (Å²) in [6.45, 7) is 7.53. The van der Waals surface area contributed by atoms with Gasteiger partial charge in [0.1, 0.15) is 12.4 Å². The van der Waals surface area contributed by atoms with Crippen LogP contribution in [0.25, 0.3) is 10.9 Å². The molecule has 0 bridgehead atoms. The van der Waals surface area contributed by atoms with Crippen LogP contribution in [0.2, 0.25) is 0 Å². The van der Waals surface area contributed by atoms with Crippen molar-refractivity contribution in [1.82, 2.24) is 24.7 Å². The molecule has 0 amide bonds. The maximum absolute atomic E-state index is 12.3. The Labute approximate surface area is 190 Å². The molecule has 0 aliphatic rings. The Bertz CT molecular complexity index is 1280. The van der Waals surface area contributed by atoms with Crippen LogP contribution in [0.15, 0.2) is 52.4 Å². The Morgan fingerprint density at radius 1 is 1.06 bits per heavy atom. The van der Waals surface area contributed by atoms with E-state index >= 15 is 0 Å². The number of aromatic nitrogens is 5. The largest absolute Gasteiger partial charge is 0.490 e. The van der Waals surface area contributed by atoms with Crippen LogP contribution in [-0.4, -0.2) is 31.3 Å². The Morgan fingerprint density at radius 3 is 2.72 bits per heavy atom. The number of nitrogens with zero attached hydrogens (tertiary/aromatic N) is 4. The maximum atomic E-state index is 12.3. The van der Waals surface area contributed by atoms with E-state index in [0.717, 1.165) is 22.3 Å². The van der Waals surface area contributed by atoms with Gasteiger partial charge in [0.2, 0.25) is 0 Å². The smallest absolute Gasteiger partial charge is 0.258 e. The zero-order valence-electron chi connectivity index (χ0n) is 18.3. The summed E-state index contributed by atoms with van der Waals surface area (Å²) in [7, 11) is 0. The fraction of sp³-hybridized carbons (Fsp3) is 0.304. The fourth-order valence-corrected chi connectivity index (χ4v) is 4.22. The molecular weight excluding hydrogens is 426 g/mol. The number of thioether (sulfide) groups is 1. The lowest BCUT2D eigenvalue weighted by molar-refractivity contribution is 0.258. The summed E-state index contributed by atoms with van der Waals surface area (Å²) in [4.78, 5) is 19.7.